The second-order valence-electron chi connectivity index (χ2n) is 4.29. The highest BCUT2D eigenvalue weighted by molar-refractivity contribution is 6.22. The second-order valence-corrected chi connectivity index (χ2v) is 4.29. The maximum absolute atomic E-state index is 11.7. The number of amides is 1. The summed E-state index contributed by atoms with van der Waals surface area (Å²) in [4.78, 5) is 16.2. The Morgan fingerprint density at radius 3 is 2.60 bits per heavy atom. The number of nitrogens with zero attached hydrogens (tertiary/aromatic N) is 1. The zero-order chi connectivity index (χ0) is 10.9. The van der Waals surface area contributed by atoms with Crippen LogP contribution in [0.2, 0.25) is 0 Å². The summed E-state index contributed by atoms with van der Waals surface area (Å²) < 4.78 is 0. The van der Waals surface area contributed by atoms with E-state index in [2.05, 4.69) is 10.3 Å². The van der Waals surface area contributed by atoms with Crippen LogP contribution in [0, 0.1) is 0 Å². The number of hydrogen-bond acceptors (Lipinski definition) is 3. The minimum atomic E-state index is -0.383. The highest BCUT2D eigenvalue weighted by Crippen LogP contribution is 2.32. The van der Waals surface area contributed by atoms with E-state index in [1.54, 1.807) is 6.92 Å². The maximum atomic E-state index is 11.7. The lowest BCUT2D eigenvalue weighted by Crippen LogP contribution is -2.53. The smallest absolute Gasteiger partial charge is 0.258 e. The number of aliphatic hydroxyl groups excluding tert-OH is 1. The molecule has 0 aromatic heterocycles. The van der Waals surface area contributed by atoms with E-state index in [0.717, 1.165) is 31.9 Å². The Labute approximate surface area is 89.1 Å². The molecule has 0 saturated heterocycles. The Balaban J connectivity index is 2.31. The van der Waals surface area contributed by atoms with Gasteiger partial charge in [-0.25, -0.2) is 0 Å². The molecule has 0 aromatic rings. The van der Waals surface area contributed by atoms with Gasteiger partial charge in [0.15, 0.2) is 0 Å². The van der Waals surface area contributed by atoms with Crippen LogP contribution in [0.3, 0.4) is 0 Å². The van der Waals surface area contributed by atoms with Crippen molar-refractivity contribution >= 4 is 11.6 Å². The molecule has 0 aromatic carbocycles. The van der Waals surface area contributed by atoms with Crippen molar-refractivity contribution in [3.63, 3.8) is 0 Å². The van der Waals surface area contributed by atoms with Crippen LogP contribution in [0.15, 0.2) is 16.8 Å². The van der Waals surface area contributed by atoms with Gasteiger partial charge in [0.05, 0.1) is 17.5 Å². The third-order valence-electron chi connectivity index (χ3n) is 3.17. The number of carbonyl (C=O) groups is 1. The first-order valence-electron chi connectivity index (χ1n) is 5.41. The van der Waals surface area contributed by atoms with Gasteiger partial charge in [0.1, 0.15) is 5.66 Å². The molecule has 2 rings (SSSR count). The molecule has 1 fully saturated rings. The van der Waals surface area contributed by atoms with Crippen LogP contribution < -0.4 is 5.32 Å². The predicted molar refractivity (Wildman–Crippen MR) is 57.8 cm³/mol. The van der Waals surface area contributed by atoms with Crippen LogP contribution in [0.5, 0.6) is 0 Å². The number of aliphatic hydroxyl groups is 1. The molecule has 0 atom stereocenters. The normalized spacial score (nSPS) is 27.7. The molecule has 1 heterocycles. The fraction of sp³-hybridized carbons (Fsp3) is 0.636. The standard InChI is InChI=1S/C11H16N2O2/c1-8-9(7-14)10(15)13-11(12-8)5-3-2-4-6-11/h7,14H,2-6H2,1H3,(H,13,15)/b9-7+. The molecular formula is C11H16N2O2. The highest BCUT2D eigenvalue weighted by atomic mass is 16.2. The van der Waals surface area contributed by atoms with Crippen molar-refractivity contribution in [2.45, 2.75) is 44.7 Å². The Hall–Kier alpha value is -1.32. The van der Waals surface area contributed by atoms with Crippen molar-refractivity contribution < 1.29 is 9.90 Å². The van der Waals surface area contributed by atoms with Crippen molar-refractivity contribution in [2.24, 2.45) is 4.99 Å². The summed E-state index contributed by atoms with van der Waals surface area (Å²) in [7, 11) is 0. The molecule has 15 heavy (non-hydrogen) atoms. The molecule has 1 saturated carbocycles. The zero-order valence-electron chi connectivity index (χ0n) is 8.92. The molecule has 1 amide bonds. The fourth-order valence-electron chi connectivity index (χ4n) is 2.38. The predicted octanol–water partition coefficient (Wildman–Crippen LogP) is 1.68. The molecule has 2 aliphatic rings. The van der Waals surface area contributed by atoms with E-state index in [1.165, 1.54) is 6.42 Å². The molecule has 4 nitrogen and oxygen atoms in total. The van der Waals surface area contributed by atoms with E-state index in [4.69, 9.17) is 5.11 Å². The first kappa shape index (κ1) is 10.2. The Morgan fingerprint density at radius 2 is 2.07 bits per heavy atom. The van der Waals surface area contributed by atoms with Crippen LogP contribution in [-0.4, -0.2) is 22.4 Å². The van der Waals surface area contributed by atoms with Crippen molar-refractivity contribution in [1.82, 2.24) is 5.32 Å². The van der Waals surface area contributed by atoms with Gasteiger partial charge in [0.25, 0.3) is 5.91 Å². The monoisotopic (exact) mass is 208 g/mol. The van der Waals surface area contributed by atoms with E-state index in [0.29, 0.717) is 5.71 Å². The molecular weight excluding hydrogens is 192 g/mol. The lowest BCUT2D eigenvalue weighted by atomic mass is 9.87. The number of nitrogens with one attached hydrogen (secondary N) is 1. The number of rotatable bonds is 0. The third kappa shape index (κ3) is 1.76. The average Bonchev–Trinajstić information content (AvgIpc) is 2.18. The van der Waals surface area contributed by atoms with Gasteiger partial charge in [0, 0.05) is 0 Å². The Morgan fingerprint density at radius 1 is 1.40 bits per heavy atom. The van der Waals surface area contributed by atoms with E-state index >= 15 is 0 Å². The van der Waals surface area contributed by atoms with Gasteiger partial charge in [-0.1, -0.05) is 6.42 Å². The van der Waals surface area contributed by atoms with Crippen molar-refractivity contribution in [3.05, 3.63) is 11.8 Å². The summed E-state index contributed by atoms with van der Waals surface area (Å²) in [5.41, 5.74) is 0.542. The van der Waals surface area contributed by atoms with Crippen molar-refractivity contribution in [3.8, 4) is 0 Å². The molecule has 1 aliphatic carbocycles. The summed E-state index contributed by atoms with van der Waals surface area (Å²) in [6.07, 6.45) is 6.09. The molecule has 82 valence electrons. The van der Waals surface area contributed by atoms with E-state index < -0.39 is 0 Å². The van der Waals surface area contributed by atoms with E-state index in [1.807, 2.05) is 0 Å². The lowest BCUT2D eigenvalue weighted by molar-refractivity contribution is -0.119. The summed E-state index contributed by atoms with van der Waals surface area (Å²) >= 11 is 0. The highest BCUT2D eigenvalue weighted by Gasteiger charge is 2.37. The Kier molecular flexibility index (Phi) is 2.50. The van der Waals surface area contributed by atoms with E-state index in [-0.39, 0.29) is 17.1 Å². The van der Waals surface area contributed by atoms with Gasteiger partial charge in [-0.05, 0) is 32.6 Å². The summed E-state index contributed by atoms with van der Waals surface area (Å²) in [5.74, 6) is -0.202. The van der Waals surface area contributed by atoms with Crippen LogP contribution in [0.1, 0.15) is 39.0 Å². The van der Waals surface area contributed by atoms with Crippen LogP contribution in [0.25, 0.3) is 0 Å². The zero-order valence-corrected chi connectivity index (χ0v) is 8.92. The first-order chi connectivity index (χ1) is 7.17. The molecule has 1 aliphatic heterocycles. The molecule has 0 bridgehead atoms. The van der Waals surface area contributed by atoms with Gasteiger partial charge >= 0.3 is 0 Å². The largest absolute Gasteiger partial charge is 0.515 e. The van der Waals surface area contributed by atoms with Gasteiger partial charge in [-0.3, -0.25) is 9.79 Å². The van der Waals surface area contributed by atoms with Gasteiger partial charge in [-0.15, -0.1) is 0 Å². The molecule has 0 unspecified atom stereocenters. The second kappa shape index (κ2) is 3.68. The summed E-state index contributed by atoms with van der Waals surface area (Å²) in [6.45, 7) is 1.77. The quantitative estimate of drug-likeness (QED) is 0.470. The average molecular weight is 208 g/mol. The minimum absolute atomic E-state index is 0.202. The first-order valence-corrected chi connectivity index (χ1v) is 5.41. The minimum Gasteiger partial charge on any atom is -0.515 e. The van der Waals surface area contributed by atoms with Crippen LogP contribution in [0.4, 0.5) is 0 Å². The summed E-state index contributed by atoms with van der Waals surface area (Å²) in [5, 5.41) is 11.8. The lowest BCUT2D eigenvalue weighted by Gasteiger charge is -2.38. The van der Waals surface area contributed by atoms with Crippen molar-refractivity contribution in [1.29, 1.82) is 0 Å². The Bertz CT molecular complexity index is 338. The molecule has 4 heteroatoms. The topological polar surface area (TPSA) is 61.7 Å². The number of hydrogen-bond donors (Lipinski definition) is 2. The maximum Gasteiger partial charge on any atom is 0.258 e. The summed E-state index contributed by atoms with van der Waals surface area (Å²) in [6, 6.07) is 0. The van der Waals surface area contributed by atoms with Gasteiger partial charge < -0.3 is 10.4 Å². The molecule has 2 N–H and O–H groups in total. The SMILES string of the molecule is CC1=NC2(CCCCC2)NC(=O)/C1=C/O. The number of aliphatic imine (C=N–C) groups is 1. The van der Waals surface area contributed by atoms with Crippen molar-refractivity contribution in [2.75, 3.05) is 0 Å². The molecule has 0 radical (unpaired) electrons. The number of carbonyl (C=O) groups excluding carboxylic acids is 1. The third-order valence-corrected chi connectivity index (χ3v) is 3.17. The van der Waals surface area contributed by atoms with Gasteiger partial charge in [0.2, 0.25) is 0 Å². The fourth-order valence-corrected chi connectivity index (χ4v) is 2.38. The van der Waals surface area contributed by atoms with Crippen LogP contribution >= 0.6 is 0 Å². The molecule has 1 spiro atoms. The van der Waals surface area contributed by atoms with Crippen LogP contribution in [-0.2, 0) is 4.79 Å². The van der Waals surface area contributed by atoms with E-state index in [9.17, 15) is 4.79 Å². The van der Waals surface area contributed by atoms with Gasteiger partial charge in [-0.2, -0.15) is 0 Å².